The number of amides is 1. The average Bonchev–Trinajstić information content (AvgIpc) is 2.60. The summed E-state index contributed by atoms with van der Waals surface area (Å²) in [6.45, 7) is 1.94. The lowest BCUT2D eigenvalue weighted by Gasteiger charge is -2.28. The molecule has 1 heterocycles. The van der Waals surface area contributed by atoms with Gasteiger partial charge in [0.2, 0.25) is 5.91 Å². The lowest BCUT2D eigenvalue weighted by atomic mass is 9.84. The number of ether oxygens (including phenoxy) is 1. The third-order valence-electron chi connectivity index (χ3n) is 5.20. The van der Waals surface area contributed by atoms with Crippen molar-refractivity contribution in [3.05, 3.63) is 46.7 Å². The van der Waals surface area contributed by atoms with E-state index >= 15 is 0 Å². The molecule has 6 heteroatoms. The molecule has 1 aliphatic heterocycles. The lowest BCUT2D eigenvalue weighted by molar-refractivity contribution is -0.141. The summed E-state index contributed by atoms with van der Waals surface area (Å²) in [5.41, 5.74) is 0.736. The second-order valence-corrected chi connectivity index (χ2v) is 7.11. The van der Waals surface area contributed by atoms with Crippen LogP contribution < -0.4 is 5.32 Å². The van der Waals surface area contributed by atoms with Gasteiger partial charge >= 0.3 is 5.97 Å². The standard InChI is InChI=1S/C20H23F2NO3/c1-12-19(20(25)26-11-13-5-3-2-4-6-13)16(10-18(24)23-12)15-8-7-14(21)9-17(15)22/h7-9,13,16H,2-6,10-11H2,1H3,(H,23,24). The van der Waals surface area contributed by atoms with Crippen LogP contribution in [0.5, 0.6) is 0 Å². The van der Waals surface area contributed by atoms with E-state index in [1.807, 2.05) is 0 Å². The highest BCUT2D eigenvalue weighted by atomic mass is 19.1. The summed E-state index contributed by atoms with van der Waals surface area (Å²) in [5, 5.41) is 2.62. The van der Waals surface area contributed by atoms with E-state index in [0.717, 1.165) is 37.8 Å². The second kappa shape index (κ2) is 7.98. The highest BCUT2D eigenvalue weighted by Gasteiger charge is 2.34. The minimum absolute atomic E-state index is 0.0756. The first-order chi connectivity index (χ1) is 12.5. The number of hydrogen-bond donors (Lipinski definition) is 1. The molecule has 0 radical (unpaired) electrons. The lowest BCUT2D eigenvalue weighted by Crippen LogP contribution is -2.35. The number of halogens is 2. The maximum Gasteiger partial charge on any atom is 0.336 e. The van der Waals surface area contributed by atoms with Gasteiger partial charge in [0.25, 0.3) is 0 Å². The molecule has 4 nitrogen and oxygen atoms in total. The molecule has 1 atom stereocenters. The van der Waals surface area contributed by atoms with Gasteiger partial charge in [0.1, 0.15) is 11.6 Å². The Labute approximate surface area is 151 Å². The molecule has 1 fully saturated rings. The number of carbonyl (C=O) groups is 2. The Morgan fingerprint density at radius 3 is 2.65 bits per heavy atom. The Kier molecular flexibility index (Phi) is 5.69. The largest absolute Gasteiger partial charge is 0.462 e. The number of benzene rings is 1. The maximum atomic E-state index is 14.3. The zero-order chi connectivity index (χ0) is 18.7. The summed E-state index contributed by atoms with van der Waals surface area (Å²) in [5.74, 6) is -2.73. The quantitative estimate of drug-likeness (QED) is 0.824. The van der Waals surface area contributed by atoms with Crippen LogP contribution in [-0.2, 0) is 14.3 Å². The highest BCUT2D eigenvalue weighted by molar-refractivity contribution is 5.95. The normalized spacial score (nSPS) is 21.5. The van der Waals surface area contributed by atoms with Crippen molar-refractivity contribution in [1.29, 1.82) is 0 Å². The molecule has 1 unspecified atom stereocenters. The molecule has 2 aliphatic rings. The summed E-state index contributed by atoms with van der Waals surface area (Å²) in [6.07, 6.45) is 5.50. The number of hydrogen-bond acceptors (Lipinski definition) is 3. The van der Waals surface area contributed by atoms with Crippen LogP contribution in [0.1, 0.15) is 56.9 Å². The molecule has 140 valence electrons. The van der Waals surface area contributed by atoms with Gasteiger partial charge < -0.3 is 10.1 Å². The van der Waals surface area contributed by atoms with Crippen LogP contribution >= 0.6 is 0 Å². The Hall–Kier alpha value is -2.24. The van der Waals surface area contributed by atoms with Crippen LogP contribution in [0.4, 0.5) is 8.78 Å². The van der Waals surface area contributed by atoms with E-state index in [-0.39, 0.29) is 23.5 Å². The zero-order valence-corrected chi connectivity index (χ0v) is 14.8. The first-order valence-corrected chi connectivity index (χ1v) is 9.08. The molecule has 26 heavy (non-hydrogen) atoms. The Balaban J connectivity index is 1.81. The molecule has 0 bridgehead atoms. The van der Waals surface area contributed by atoms with Crippen molar-refractivity contribution in [2.24, 2.45) is 5.92 Å². The van der Waals surface area contributed by atoms with Crippen LogP contribution in [0, 0.1) is 17.6 Å². The number of esters is 1. The molecule has 1 aliphatic carbocycles. The molecule has 0 saturated heterocycles. The average molecular weight is 363 g/mol. The second-order valence-electron chi connectivity index (χ2n) is 7.11. The topological polar surface area (TPSA) is 55.4 Å². The van der Waals surface area contributed by atoms with Crippen LogP contribution in [0.15, 0.2) is 29.5 Å². The van der Waals surface area contributed by atoms with Crippen LogP contribution in [-0.4, -0.2) is 18.5 Å². The van der Waals surface area contributed by atoms with E-state index in [1.165, 1.54) is 12.5 Å². The Morgan fingerprint density at radius 1 is 1.23 bits per heavy atom. The fraction of sp³-hybridized carbons (Fsp3) is 0.500. The minimum atomic E-state index is -0.775. The molecule has 3 rings (SSSR count). The van der Waals surface area contributed by atoms with Gasteiger partial charge in [-0.05, 0) is 37.3 Å². The van der Waals surface area contributed by atoms with Crippen LogP contribution in [0.2, 0.25) is 0 Å². The molecule has 0 aromatic heterocycles. The third kappa shape index (κ3) is 4.11. The summed E-state index contributed by atoms with van der Waals surface area (Å²) >= 11 is 0. The highest BCUT2D eigenvalue weighted by Crippen LogP contribution is 2.35. The van der Waals surface area contributed by atoms with E-state index in [4.69, 9.17) is 4.74 Å². The number of allylic oxidation sites excluding steroid dienone is 1. The fourth-order valence-corrected chi connectivity index (χ4v) is 3.85. The van der Waals surface area contributed by atoms with Gasteiger partial charge in [-0.15, -0.1) is 0 Å². The van der Waals surface area contributed by atoms with Crippen molar-refractivity contribution in [1.82, 2.24) is 5.32 Å². The molecule has 1 aromatic rings. The third-order valence-corrected chi connectivity index (χ3v) is 5.20. The molecule has 1 saturated carbocycles. The maximum absolute atomic E-state index is 14.3. The predicted octanol–water partition coefficient (Wildman–Crippen LogP) is 3.97. The summed E-state index contributed by atoms with van der Waals surface area (Å²) in [4.78, 5) is 24.6. The SMILES string of the molecule is CC1=C(C(=O)OCC2CCCCC2)C(c2ccc(F)cc2F)CC(=O)N1. The van der Waals surface area contributed by atoms with E-state index in [2.05, 4.69) is 5.32 Å². The van der Waals surface area contributed by atoms with E-state index in [1.54, 1.807) is 6.92 Å². The predicted molar refractivity (Wildman–Crippen MR) is 92.1 cm³/mol. The molecular formula is C20H23F2NO3. The van der Waals surface area contributed by atoms with Gasteiger partial charge in [-0.25, -0.2) is 13.6 Å². The van der Waals surface area contributed by atoms with Gasteiger partial charge in [-0.1, -0.05) is 25.3 Å². The molecule has 1 amide bonds. The van der Waals surface area contributed by atoms with Gasteiger partial charge in [0.05, 0.1) is 12.2 Å². The van der Waals surface area contributed by atoms with Gasteiger partial charge in [0, 0.05) is 24.1 Å². The Bertz CT molecular complexity index is 739. The number of carbonyl (C=O) groups excluding carboxylic acids is 2. The fourth-order valence-electron chi connectivity index (χ4n) is 3.85. The van der Waals surface area contributed by atoms with E-state index < -0.39 is 23.5 Å². The molecule has 1 N–H and O–H groups in total. The number of rotatable bonds is 4. The smallest absolute Gasteiger partial charge is 0.336 e. The first kappa shape index (κ1) is 18.5. The molecule has 0 spiro atoms. The monoisotopic (exact) mass is 363 g/mol. The van der Waals surface area contributed by atoms with Crippen molar-refractivity contribution in [3.63, 3.8) is 0 Å². The van der Waals surface area contributed by atoms with Crippen molar-refractivity contribution >= 4 is 11.9 Å². The van der Waals surface area contributed by atoms with E-state index in [0.29, 0.717) is 18.2 Å². The Morgan fingerprint density at radius 2 is 1.96 bits per heavy atom. The van der Waals surface area contributed by atoms with E-state index in [9.17, 15) is 18.4 Å². The van der Waals surface area contributed by atoms with Crippen molar-refractivity contribution in [2.75, 3.05) is 6.61 Å². The zero-order valence-electron chi connectivity index (χ0n) is 14.8. The van der Waals surface area contributed by atoms with Gasteiger partial charge in [-0.2, -0.15) is 0 Å². The van der Waals surface area contributed by atoms with Crippen LogP contribution in [0.25, 0.3) is 0 Å². The van der Waals surface area contributed by atoms with Gasteiger partial charge in [0.15, 0.2) is 0 Å². The van der Waals surface area contributed by atoms with Crippen molar-refractivity contribution < 1.29 is 23.1 Å². The first-order valence-electron chi connectivity index (χ1n) is 9.08. The molecule has 1 aromatic carbocycles. The summed E-state index contributed by atoms with van der Waals surface area (Å²) < 4.78 is 33.0. The summed E-state index contributed by atoms with van der Waals surface area (Å²) in [7, 11) is 0. The number of nitrogens with one attached hydrogen (secondary N) is 1. The van der Waals surface area contributed by atoms with Crippen molar-refractivity contribution in [3.8, 4) is 0 Å². The minimum Gasteiger partial charge on any atom is -0.462 e. The van der Waals surface area contributed by atoms with Gasteiger partial charge in [-0.3, -0.25) is 4.79 Å². The molecular weight excluding hydrogens is 340 g/mol. The summed E-state index contributed by atoms with van der Waals surface area (Å²) in [6, 6.07) is 3.18. The van der Waals surface area contributed by atoms with Crippen molar-refractivity contribution in [2.45, 2.75) is 51.4 Å². The van der Waals surface area contributed by atoms with Crippen LogP contribution in [0.3, 0.4) is 0 Å².